The van der Waals surface area contributed by atoms with Crippen molar-refractivity contribution in [3.63, 3.8) is 0 Å². The van der Waals surface area contributed by atoms with E-state index in [2.05, 4.69) is 13.8 Å². The Balaban J connectivity index is 2.68. The minimum Gasteiger partial charge on any atom is -0.410 e. The maximum absolute atomic E-state index is 12.2. The normalized spacial score (nSPS) is 10.7. The highest BCUT2D eigenvalue weighted by molar-refractivity contribution is 5.70. The highest BCUT2D eigenvalue weighted by Gasteiger charge is 2.15. The highest BCUT2D eigenvalue weighted by atomic mass is 16.6. The smallest absolute Gasteiger partial charge is 0.410 e. The maximum atomic E-state index is 12.2. The van der Waals surface area contributed by atoms with Gasteiger partial charge in [-0.2, -0.15) is 0 Å². The number of carbonyl (C=O) groups excluding carboxylic acids is 1. The lowest BCUT2D eigenvalue weighted by atomic mass is 10.0. The van der Waals surface area contributed by atoms with Gasteiger partial charge in [0, 0.05) is 27.3 Å². The van der Waals surface area contributed by atoms with Gasteiger partial charge in [-0.05, 0) is 23.6 Å². The average Bonchev–Trinajstić information content (AvgIpc) is 2.47. The van der Waals surface area contributed by atoms with Crippen LogP contribution >= 0.6 is 0 Å². The molecule has 0 N–H and O–H groups in total. The van der Waals surface area contributed by atoms with E-state index in [1.54, 1.807) is 25.2 Å². The monoisotopic (exact) mass is 295 g/mol. The molecule has 5 nitrogen and oxygen atoms in total. The fourth-order valence-corrected chi connectivity index (χ4v) is 1.80. The third-order valence-electron chi connectivity index (χ3n) is 3.12. The minimum atomic E-state index is -0.384. The van der Waals surface area contributed by atoms with Gasteiger partial charge in [0.2, 0.25) is 0 Å². The summed E-state index contributed by atoms with van der Waals surface area (Å²) in [6.07, 6.45) is -0.384. The van der Waals surface area contributed by atoms with E-state index in [1.807, 2.05) is 18.2 Å². The highest BCUT2D eigenvalue weighted by Crippen LogP contribution is 2.20. The van der Waals surface area contributed by atoms with Crippen LogP contribution in [0.1, 0.15) is 25.3 Å². The number of nitrogens with zero attached hydrogens (tertiary/aromatic N) is 1. The first-order valence-corrected chi connectivity index (χ1v) is 7.13. The standard InChI is InChI=1S/C16H25NO4/c1-13(2)14-6-5-7-15(12-14)21-16(18)17(8-10-19-3)9-11-20-4/h5-7,12-13H,8-11H2,1-4H3. The first-order valence-electron chi connectivity index (χ1n) is 7.13. The minimum absolute atomic E-state index is 0.384. The van der Waals surface area contributed by atoms with Gasteiger partial charge >= 0.3 is 6.09 Å². The molecule has 118 valence electrons. The molecule has 5 heteroatoms. The molecule has 1 rings (SSSR count). The molecule has 21 heavy (non-hydrogen) atoms. The molecule has 0 atom stereocenters. The maximum Gasteiger partial charge on any atom is 0.415 e. The predicted octanol–water partition coefficient (Wildman–Crippen LogP) is 2.90. The SMILES string of the molecule is COCCN(CCOC)C(=O)Oc1cccc(C(C)C)c1. The van der Waals surface area contributed by atoms with Crippen molar-refractivity contribution in [2.45, 2.75) is 19.8 Å². The van der Waals surface area contributed by atoms with E-state index in [0.717, 1.165) is 5.56 Å². The zero-order valence-electron chi connectivity index (χ0n) is 13.3. The molecular weight excluding hydrogens is 270 g/mol. The van der Waals surface area contributed by atoms with Crippen LogP contribution < -0.4 is 4.74 Å². The Morgan fingerprint density at radius 3 is 2.29 bits per heavy atom. The van der Waals surface area contributed by atoms with Gasteiger partial charge in [0.25, 0.3) is 0 Å². The van der Waals surface area contributed by atoms with E-state index in [-0.39, 0.29) is 6.09 Å². The molecule has 1 amide bonds. The van der Waals surface area contributed by atoms with Gasteiger partial charge in [0.05, 0.1) is 13.2 Å². The molecule has 0 aromatic heterocycles. The van der Waals surface area contributed by atoms with Crippen molar-refractivity contribution >= 4 is 6.09 Å². The van der Waals surface area contributed by atoms with Gasteiger partial charge in [-0.15, -0.1) is 0 Å². The van der Waals surface area contributed by atoms with E-state index >= 15 is 0 Å². The number of ether oxygens (including phenoxy) is 3. The predicted molar refractivity (Wildman–Crippen MR) is 81.9 cm³/mol. The van der Waals surface area contributed by atoms with Crippen LogP contribution in [0.2, 0.25) is 0 Å². The van der Waals surface area contributed by atoms with Crippen LogP contribution in [0.5, 0.6) is 5.75 Å². The van der Waals surface area contributed by atoms with Crippen molar-refractivity contribution in [2.24, 2.45) is 0 Å². The van der Waals surface area contributed by atoms with Crippen molar-refractivity contribution < 1.29 is 19.0 Å². The molecule has 0 aliphatic carbocycles. The topological polar surface area (TPSA) is 48.0 Å². The van der Waals surface area contributed by atoms with Gasteiger partial charge in [0.1, 0.15) is 5.75 Å². The van der Waals surface area contributed by atoms with Gasteiger partial charge in [-0.1, -0.05) is 26.0 Å². The van der Waals surface area contributed by atoms with Crippen molar-refractivity contribution in [1.29, 1.82) is 0 Å². The molecule has 0 spiro atoms. The average molecular weight is 295 g/mol. The fraction of sp³-hybridized carbons (Fsp3) is 0.562. The molecule has 0 aliphatic rings. The molecule has 0 heterocycles. The number of rotatable bonds is 8. The zero-order chi connectivity index (χ0) is 15.7. The lowest BCUT2D eigenvalue weighted by Gasteiger charge is -2.21. The van der Waals surface area contributed by atoms with E-state index in [0.29, 0.717) is 38.0 Å². The molecule has 0 radical (unpaired) electrons. The Morgan fingerprint density at radius 2 is 1.76 bits per heavy atom. The lowest BCUT2D eigenvalue weighted by molar-refractivity contribution is 0.102. The Labute approximate surface area is 126 Å². The van der Waals surface area contributed by atoms with E-state index in [9.17, 15) is 4.79 Å². The second kappa shape index (κ2) is 9.37. The largest absolute Gasteiger partial charge is 0.415 e. The second-order valence-electron chi connectivity index (χ2n) is 5.07. The Hall–Kier alpha value is -1.59. The van der Waals surface area contributed by atoms with Crippen LogP contribution in [0.25, 0.3) is 0 Å². The van der Waals surface area contributed by atoms with E-state index in [1.165, 1.54) is 0 Å². The lowest BCUT2D eigenvalue weighted by Crippen LogP contribution is -2.38. The summed E-state index contributed by atoms with van der Waals surface area (Å²) in [5.74, 6) is 0.952. The number of hydrogen-bond donors (Lipinski definition) is 0. The summed E-state index contributed by atoms with van der Waals surface area (Å²) in [5.41, 5.74) is 1.14. The van der Waals surface area contributed by atoms with Gasteiger partial charge in [0.15, 0.2) is 0 Å². The Morgan fingerprint density at radius 1 is 1.14 bits per heavy atom. The number of amides is 1. The Bertz CT molecular complexity index is 426. The van der Waals surface area contributed by atoms with Crippen molar-refractivity contribution in [2.75, 3.05) is 40.5 Å². The van der Waals surface area contributed by atoms with Gasteiger partial charge in [-0.25, -0.2) is 4.79 Å². The summed E-state index contributed by atoms with van der Waals surface area (Å²) in [5, 5.41) is 0. The third kappa shape index (κ3) is 6.14. The molecule has 0 saturated heterocycles. The molecule has 0 bridgehead atoms. The van der Waals surface area contributed by atoms with Crippen molar-refractivity contribution in [3.8, 4) is 5.75 Å². The number of benzene rings is 1. The van der Waals surface area contributed by atoms with E-state index in [4.69, 9.17) is 14.2 Å². The summed E-state index contributed by atoms with van der Waals surface area (Å²) in [6, 6.07) is 7.60. The van der Waals surface area contributed by atoms with Crippen LogP contribution in [0.15, 0.2) is 24.3 Å². The van der Waals surface area contributed by atoms with Crippen molar-refractivity contribution in [3.05, 3.63) is 29.8 Å². The molecule has 0 saturated carbocycles. The first-order chi connectivity index (χ1) is 10.1. The van der Waals surface area contributed by atoms with Crippen LogP contribution in [0.4, 0.5) is 4.79 Å². The number of methoxy groups -OCH3 is 2. The molecular formula is C16H25NO4. The molecule has 1 aromatic rings. The van der Waals surface area contributed by atoms with Crippen LogP contribution in [-0.4, -0.2) is 51.5 Å². The quantitative estimate of drug-likeness (QED) is 0.740. The van der Waals surface area contributed by atoms with Gasteiger partial charge in [-0.3, -0.25) is 0 Å². The van der Waals surface area contributed by atoms with Gasteiger partial charge < -0.3 is 19.1 Å². The molecule has 0 unspecified atom stereocenters. The third-order valence-corrected chi connectivity index (χ3v) is 3.12. The summed E-state index contributed by atoms with van der Waals surface area (Å²) in [7, 11) is 3.21. The second-order valence-corrected chi connectivity index (χ2v) is 5.07. The Kier molecular flexibility index (Phi) is 7.79. The fourth-order valence-electron chi connectivity index (χ4n) is 1.80. The molecule has 0 fully saturated rings. The van der Waals surface area contributed by atoms with E-state index < -0.39 is 0 Å². The van der Waals surface area contributed by atoms with Crippen LogP contribution in [-0.2, 0) is 9.47 Å². The summed E-state index contributed by atoms with van der Waals surface area (Å²) in [6.45, 7) is 6.08. The molecule has 0 aliphatic heterocycles. The molecule has 1 aromatic carbocycles. The summed E-state index contributed by atoms with van der Waals surface area (Å²) < 4.78 is 15.5. The van der Waals surface area contributed by atoms with Crippen LogP contribution in [0, 0.1) is 0 Å². The first kappa shape index (κ1) is 17.5. The van der Waals surface area contributed by atoms with Crippen molar-refractivity contribution in [1.82, 2.24) is 4.90 Å². The van der Waals surface area contributed by atoms with Crippen LogP contribution in [0.3, 0.4) is 0 Å². The summed E-state index contributed by atoms with van der Waals surface area (Å²) in [4.78, 5) is 13.8. The zero-order valence-corrected chi connectivity index (χ0v) is 13.3. The number of carbonyl (C=O) groups is 1. The summed E-state index contributed by atoms with van der Waals surface area (Å²) >= 11 is 0. The number of hydrogen-bond acceptors (Lipinski definition) is 4.